The lowest BCUT2D eigenvalue weighted by Crippen LogP contribution is -2.21. The van der Waals surface area contributed by atoms with E-state index in [4.69, 9.17) is 0 Å². The van der Waals surface area contributed by atoms with E-state index in [0.29, 0.717) is 0 Å². The van der Waals surface area contributed by atoms with Gasteiger partial charge in [-0.2, -0.15) is 13.2 Å². The number of ketones is 1. The fraction of sp³-hybridized carbons (Fsp3) is 0.615. The summed E-state index contributed by atoms with van der Waals surface area (Å²) in [5, 5.41) is 0. The molecule has 0 aromatic carbocycles. The quantitative estimate of drug-likeness (QED) is 0.628. The van der Waals surface area contributed by atoms with Gasteiger partial charge in [-0.15, -0.1) is 0 Å². The molecule has 0 N–H and O–H groups in total. The van der Waals surface area contributed by atoms with Crippen molar-refractivity contribution in [1.82, 2.24) is 0 Å². The molecule has 0 bridgehead atoms. The normalized spacial score (nSPS) is 12.5. The molecule has 0 rings (SSSR count). The van der Waals surface area contributed by atoms with Gasteiger partial charge in [-0.25, -0.2) is 0 Å². The summed E-state index contributed by atoms with van der Waals surface area (Å²) >= 11 is 0. The fourth-order valence-corrected chi connectivity index (χ4v) is 1.28. The van der Waals surface area contributed by atoms with Gasteiger partial charge in [0.1, 0.15) is 0 Å². The van der Waals surface area contributed by atoms with E-state index in [2.05, 4.69) is 6.08 Å². The zero-order valence-corrected chi connectivity index (χ0v) is 10.5. The summed E-state index contributed by atoms with van der Waals surface area (Å²) in [6.45, 7) is 5.87. The third-order valence-corrected chi connectivity index (χ3v) is 2.27. The van der Waals surface area contributed by atoms with Gasteiger partial charge < -0.3 is 0 Å². The minimum atomic E-state index is -4.69. The molecule has 0 radical (unpaired) electrons. The van der Waals surface area contributed by atoms with Gasteiger partial charge in [-0.05, 0) is 40.0 Å². The van der Waals surface area contributed by atoms with Crippen LogP contribution in [0.2, 0.25) is 0 Å². The Morgan fingerprint density at radius 1 is 1.00 bits per heavy atom. The second-order valence-electron chi connectivity index (χ2n) is 4.33. The number of hydrogen-bond acceptors (Lipinski definition) is 1. The van der Waals surface area contributed by atoms with Gasteiger partial charge in [0.2, 0.25) is 5.78 Å². The van der Waals surface area contributed by atoms with Crippen LogP contribution in [0.25, 0.3) is 0 Å². The molecule has 0 aromatic rings. The molecule has 98 valence electrons. The van der Waals surface area contributed by atoms with Gasteiger partial charge in [0, 0.05) is 6.42 Å². The van der Waals surface area contributed by atoms with Gasteiger partial charge in [-0.3, -0.25) is 4.79 Å². The van der Waals surface area contributed by atoms with Crippen molar-refractivity contribution < 1.29 is 18.0 Å². The Kier molecular flexibility index (Phi) is 6.85. The molecule has 17 heavy (non-hydrogen) atoms. The standard InChI is InChI=1S/C13H19F3O/c1-10(2)6-4-7-11(3)8-5-9-12(17)13(14,15)16/h6,8H,4-5,7,9H2,1-3H3. The number of halogens is 3. The molecular formula is C13H19F3O. The monoisotopic (exact) mass is 248 g/mol. The van der Waals surface area contributed by atoms with Crippen LogP contribution >= 0.6 is 0 Å². The third kappa shape index (κ3) is 8.72. The highest BCUT2D eigenvalue weighted by Crippen LogP contribution is 2.19. The molecule has 0 spiro atoms. The Labute approximate surface area is 100 Å². The third-order valence-electron chi connectivity index (χ3n) is 2.27. The van der Waals surface area contributed by atoms with Gasteiger partial charge in [0.15, 0.2) is 0 Å². The predicted molar refractivity (Wildman–Crippen MR) is 62.7 cm³/mol. The maximum atomic E-state index is 11.9. The van der Waals surface area contributed by atoms with Gasteiger partial charge in [0.05, 0.1) is 0 Å². The average molecular weight is 248 g/mol. The Hall–Kier alpha value is -1.06. The molecule has 0 aliphatic carbocycles. The second-order valence-corrected chi connectivity index (χ2v) is 4.33. The van der Waals surface area contributed by atoms with Gasteiger partial charge in [0.25, 0.3) is 0 Å². The van der Waals surface area contributed by atoms with E-state index in [1.165, 1.54) is 5.57 Å². The van der Waals surface area contributed by atoms with Gasteiger partial charge in [-0.1, -0.05) is 23.3 Å². The number of rotatable bonds is 6. The van der Waals surface area contributed by atoms with E-state index in [-0.39, 0.29) is 6.42 Å². The van der Waals surface area contributed by atoms with Crippen molar-refractivity contribution in [2.45, 2.75) is 52.6 Å². The largest absolute Gasteiger partial charge is 0.449 e. The van der Waals surface area contributed by atoms with Crippen molar-refractivity contribution in [3.05, 3.63) is 23.3 Å². The first-order chi connectivity index (χ1) is 7.73. The highest BCUT2D eigenvalue weighted by Gasteiger charge is 2.36. The zero-order valence-electron chi connectivity index (χ0n) is 10.5. The summed E-state index contributed by atoms with van der Waals surface area (Å²) < 4.78 is 35.7. The van der Waals surface area contributed by atoms with E-state index in [0.717, 1.165) is 18.4 Å². The molecule has 4 heteroatoms. The highest BCUT2D eigenvalue weighted by molar-refractivity contribution is 5.84. The van der Waals surface area contributed by atoms with Crippen molar-refractivity contribution in [2.75, 3.05) is 0 Å². The van der Waals surface area contributed by atoms with Crippen LogP contribution in [0.5, 0.6) is 0 Å². The van der Waals surface area contributed by atoms with E-state index < -0.39 is 18.4 Å². The second kappa shape index (κ2) is 7.30. The Balaban J connectivity index is 3.93. The fourth-order valence-electron chi connectivity index (χ4n) is 1.28. The number of Topliss-reactive ketones (excluding diaryl/α,β-unsaturated/α-hetero) is 1. The minimum Gasteiger partial charge on any atom is -0.290 e. The smallest absolute Gasteiger partial charge is 0.290 e. The van der Waals surface area contributed by atoms with Crippen molar-refractivity contribution in [2.24, 2.45) is 0 Å². The molecule has 0 unspecified atom stereocenters. The number of carbonyl (C=O) groups excluding carboxylic acids is 1. The summed E-state index contributed by atoms with van der Waals surface area (Å²) in [6, 6.07) is 0. The van der Waals surface area contributed by atoms with Crippen LogP contribution in [0.3, 0.4) is 0 Å². The summed E-state index contributed by atoms with van der Waals surface area (Å²) in [7, 11) is 0. The van der Waals surface area contributed by atoms with Crippen LogP contribution in [-0.2, 0) is 4.79 Å². The number of hydrogen-bond donors (Lipinski definition) is 0. The van der Waals surface area contributed by atoms with Crippen LogP contribution in [0.15, 0.2) is 23.3 Å². The van der Waals surface area contributed by atoms with Gasteiger partial charge >= 0.3 is 6.18 Å². The average Bonchev–Trinajstić information content (AvgIpc) is 2.15. The number of carbonyl (C=O) groups is 1. The SMILES string of the molecule is CC(C)=CCCC(C)=CCCC(=O)C(F)(F)F. The molecule has 1 nitrogen and oxygen atoms in total. The van der Waals surface area contributed by atoms with E-state index in [1.54, 1.807) is 6.08 Å². The van der Waals surface area contributed by atoms with Crippen LogP contribution in [0, 0.1) is 0 Å². The van der Waals surface area contributed by atoms with Crippen LogP contribution in [0.4, 0.5) is 13.2 Å². The van der Waals surface area contributed by atoms with Crippen molar-refractivity contribution in [1.29, 1.82) is 0 Å². The molecule has 0 saturated carbocycles. The van der Waals surface area contributed by atoms with Crippen molar-refractivity contribution in [3.8, 4) is 0 Å². The summed E-state index contributed by atoms with van der Waals surface area (Å²) in [6.07, 6.45) is 0.524. The summed E-state index contributed by atoms with van der Waals surface area (Å²) in [5.74, 6) is -1.65. The minimum absolute atomic E-state index is 0.166. The molecular weight excluding hydrogens is 229 g/mol. The van der Waals surface area contributed by atoms with Crippen molar-refractivity contribution in [3.63, 3.8) is 0 Å². The molecule has 0 heterocycles. The molecule has 0 aliphatic heterocycles. The maximum Gasteiger partial charge on any atom is 0.449 e. The zero-order chi connectivity index (χ0) is 13.5. The lowest BCUT2D eigenvalue weighted by Gasteiger charge is -2.03. The Morgan fingerprint density at radius 3 is 2.00 bits per heavy atom. The summed E-state index contributed by atoms with van der Waals surface area (Å²) in [5.41, 5.74) is 2.25. The molecule has 0 atom stereocenters. The molecule has 0 aliphatic rings. The van der Waals surface area contributed by atoms with E-state index >= 15 is 0 Å². The maximum absolute atomic E-state index is 11.9. The first-order valence-electron chi connectivity index (χ1n) is 5.62. The summed E-state index contributed by atoms with van der Waals surface area (Å²) in [4.78, 5) is 10.6. The Morgan fingerprint density at radius 2 is 1.53 bits per heavy atom. The topological polar surface area (TPSA) is 17.1 Å². The molecule has 0 aromatic heterocycles. The molecule has 0 saturated heterocycles. The Bertz CT molecular complexity index is 307. The van der Waals surface area contributed by atoms with Crippen LogP contribution < -0.4 is 0 Å². The van der Waals surface area contributed by atoms with Crippen molar-refractivity contribution >= 4 is 5.78 Å². The number of alkyl halides is 3. The lowest BCUT2D eigenvalue weighted by atomic mass is 10.1. The first kappa shape index (κ1) is 15.9. The van der Waals surface area contributed by atoms with E-state index in [1.807, 2.05) is 20.8 Å². The highest BCUT2D eigenvalue weighted by atomic mass is 19.4. The number of allylic oxidation sites excluding steroid dienone is 4. The molecule has 0 fully saturated rings. The first-order valence-corrected chi connectivity index (χ1v) is 5.62. The predicted octanol–water partition coefficient (Wildman–Crippen LogP) is 4.59. The molecule has 0 amide bonds. The van der Waals surface area contributed by atoms with Crippen LogP contribution in [-0.4, -0.2) is 12.0 Å². The van der Waals surface area contributed by atoms with Crippen LogP contribution in [0.1, 0.15) is 46.5 Å². The lowest BCUT2D eigenvalue weighted by molar-refractivity contribution is -0.170. The van der Waals surface area contributed by atoms with E-state index in [9.17, 15) is 18.0 Å².